The highest BCUT2D eigenvalue weighted by atomic mass is 16.5. The topological polar surface area (TPSA) is 84.0 Å². The van der Waals surface area contributed by atoms with E-state index in [4.69, 9.17) is 4.74 Å². The fourth-order valence-corrected chi connectivity index (χ4v) is 3.43. The second-order valence-corrected chi connectivity index (χ2v) is 6.30. The lowest BCUT2D eigenvalue weighted by Gasteiger charge is -2.51. The van der Waals surface area contributed by atoms with Gasteiger partial charge in [0, 0.05) is 13.1 Å². The summed E-state index contributed by atoms with van der Waals surface area (Å²) in [7, 11) is 0. The van der Waals surface area contributed by atoms with Gasteiger partial charge in [-0.1, -0.05) is 18.6 Å². The van der Waals surface area contributed by atoms with Crippen molar-refractivity contribution in [1.29, 1.82) is 0 Å². The molecule has 1 aromatic rings. The van der Waals surface area contributed by atoms with Crippen molar-refractivity contribution < 1.29 is 9.53 Å². The van der Waals surface area contributed by atoms with E-state index in [0.717, 1.165) is 25.7 Å². The summed E-state index contributed by atoms with van der Waals surface area (Å²) >= 11 is 0. The Labute approximate surface area is 124 Å². The number of hydrogen-bond donors (Lipinski definition) is 1. The van der Waals surface area contributed by atoms with Crippen LogP contribution in [0.15, 0.2) is 0 Å². The molecule has 2 atom stereocenters. The summed E-state index contributed by atoms with van der Waals surface area (Å²) in [6.07, 6.45) is 5.06. The second-order valence-electron chi connectivity index (χ2n) is 6.30. The van der Waals surface area contributed by atoms with E-state index in [0.29, 0.717) is 18.9 Å². The number of ether oxygens (including phenoxy) is 1. The molecule has 1 N–H and O–H groups in total. The number of hydrogen-bond acceptors (Lipinski definition) is 5. The second kappa shape index (κ2) is 5.71. The zero-order chi connectivity index (χ0) is 14.9. The fourth-order valence-electron chi connectivity index (χ4n) is 3.43. The van der Waals surface area contributed by atoms with Crippen molar-refractivity contribution in [2.24, 2.45) is 0 Å². The molecule has 1 amide bonds. The molecule has 116 valence electrons. The normalized spacial score (nSPS) is 25.6. The van der Waals surface area contributed by atoms with Gasteiger partial charge in [0.1, 0.15) is 5.92 Å². The number of aromatic nitrogens is 4. The molecule has 2 heterocycles. The van der Waals surface area contributed by atoms with Gasteiger partial charge < -0.3 is 9.64 Å². The van der Waals surface area contributed by atoms with Crippen molar-refractivity contribution in [2.45, 2.75) is 63.6 Å². The Morgan fingerprint density at radius 3 is 2.95 bits per heavy atom. The Bertz CT molecular complexity index is 486. The fraction of sp³-hybridized carbons (Fsp3) is 0.857. The zero-order valence-corrected chi connectivity index (χ0v) is 12.7. The standard InChI is InChI=1S/C14H23N5O2/c1-3-5-11(12-15-17-18-16-12)13(20)19-8-10(2)21-14(9-19)6-4-7-14/h10-11H,3-9H2,1-2H3,(H,15,16,17,18). The third-order valence-corrected chi connectivity index (χ3v) is 4.53. The zero-order valence-electron chi connectivity index (χ0n) is 12.7. The molecule has 1 aliphatic carbocycles. The Morgan fingerprint density at radius 2 is 2.38 bits per heavy atom. The number of nitrogens with one attached hydrogen (secondary N) is 1. The highest BCUT2D eigenvalue weighted by molar-refractivity contribution is 5.83. The summed E-state index contributed by atoms with van der Waals surface area (Å²) in [5.74, 6) is 0.319. The minimum absolute atomic E-state index is 0.0931. The van der Waals surface area contributed by atoms with Crippen LogP contribution in [0.4, 0.5) is 0 Å². The molecule has 0 radical (unpaired) electrons. The predicted octanol–water partition coefficient (Wildman–Crippen LogP) is 1.25. The van der Waals surface area contributed by atoms with E-state index in [1.165, 1.54) is 6.42 Å². The first-order valence-corrected chi connectivity index (χ1v) is 7.83. The lowest BCUT2D eigenvalue weighted by molar-refractivity contribution is -0.191. The Kier molecular flexibility index (Phi) is 3.93. The van der Waals surface area contributed by atoms with Crippen LogP contribution in [0.1, 0.15) is 57.7 Å². The molecule has 1 saturated carbocycles. The highest BCUT2D eigenvalue weighted by Gasteiger charge is 2.46. The number of H-pyrrole nitrogens is 1. The summed E-state index contributed by atoms with van der Waals surface area (Å²) in [6.45, 7) is 5.46. The molecule has 3 rings (SSSR count). The van der Waals surface area contributed by atoms with Gasteiger partial charge in [0.15, 0.2) is 5.82 Å². The van der Waals surface area contributed by atoms with Gasteiger partial charge in [0.25, 0.3) is 0 Å². The molecule has 0 bridgehead atoms. The van der Waals surface area contributed by atoms with E-state index in [1.54, 1.807) is 0 Å². The molecule has 21 heavy (non-hydrogen) atoms. The molecule has 1 saturated heterocycles. The van der Waals surface area contributed by atoms with E-state index >= 15 is 0 Å². The number of tetrazole rings is 1. The van der Waals surface area contributed by atoms with Crippen LogP contribution in [0.3, 0.4) is 0 Å². The van der Waals surface area contributed by atoms with Crippen molar-refractivity contribution in [1.82, 2.24) is 25.5 Å². The third-order valence-electron chi connectivity index (χ3n) is 4.53. The largest absolute Gasteiger partial charge is 0.368 e. The van der Waals surface area contributed by atoms with Crippen molar-refractivity contribution in [3.05, 3.63) is 5.82 Å². The number of morpholine rings is 1. The summed E-state index contributed by atoms with van der Waals surface area (Å²) < 4.78 is 6.08. The maximum atomic E-state index is 12.9. The quantitative estimate of drug-likeness (QED) is 0.903. The molecule has 7 nitrogen and oxygen atoms in total. The van der Waals surface area contributed by atoms with Crippen LogP contribution in [-0.2, 0) is 9.53 Å². The molecular weight excluding hydrogens is 270 g/mol. The Balaban J connectivity index is 1.75. The number of nitrogens with zero attached hydrogens (tertiary/aromatic N) is 4. The molecule has 7 heteroatoms. The molecule has 0 aromatic carbocycles. The van der Waals surface area contributed by atoms with Gasteiger partial charge in [0.2, 0.25) is 5.91 Å². The number of amides is 1. The van der Waals surface area contributed by atoms with Gasteiger partial charge in [-0.3, -0.25) is 4.79 Å². The van der Waals surface area contributed by atoms with Gasteiger partial charge in [-0.15, -0.1) is 10.2 Å². The average molecular weight is 293 g/mol. The first kappa shape index (κ1) is 14.4. The van der Waals surface area contributed by atoms with E-state index in [2.05, 4.69) is 27.5 Å². The smallest absolute Gasteiger partial charge is 0.233 e. The monoisotopic (exact) mass is 293 g/mol. The summed E-state index contributed by atoms with van der Waals surface area (Å²) in [5, 5.41) is 14.1. The molecule has 1 aromatic heterocycles. The lowest BCUT2D eigenvalue weighted by atomic mass is 9.78. The van der Waals surface area contributed by atoms with Crippen LogP contribution in [0, 0.1) is 0 Å². The van der Waals surface area contributed by atoms with Crippen LogP contribution in [-0.4, -0.2) is 56.2 Å². The highest BCUT2D eigenvalue weighted by Crippen LogP contribution is 2.40. The van der Waals surface area contributed by atoms with E-state index in [1.807, 2.05) is 11.8 Å². The Morgan fingerprint density at radius 1 is 1.57 bits per heavy atom. The van der Waals surface area contributed by atoms with Gasteiger partial charge >= 0.3 is 0 Å². The van der Waals surface area contributed by atoms with Crippen molar-refractivity contribution >= 4 is 5.91 Å². The first-order valence-electron chi connectivity index (χ1n) is 7.83. The van der Waals surface area contributed by atoms with E-state index in [9.17, 15) is 4.79 Å². The summed E-state index contributed by atoms with van der Waals surface area (Å²) in [5.41, 5.74) is -0.0959. The number of carbonyl (C=O) groups excluding carboxylic acids is 1. The van der Waals surface area contributed by atoms with Gasteiger partial charge in [-0.2, -0.15) is 5.21 Å². The van der Waals surface area contributed by atoms with Crippen molar-refractivity contribution in [3.8, 4) is 0 Å². The van der Waals surface area contributed by atoms with E-state index in [-0.39, 0.29) is 23.5 Å². The minimum atomic E-state index is -0.295. The third kappa shape index (κ3) is 2.79. The van der Waals surface area contributed by atoms with Crippen LogP contribution in [0.25, 0.3) is 0 Å². The predicted molar refractivity (Wildman–Crippen MR) is 75.5 cm³/mol. The summed E-state index contributed by atoms with van der Waals surface area (Å²) in [6, 6.07) is 0. The van der Waals surface area contributed by atoms with Crippen molar-refractivity contribution in [3.63, 3.8) is 0 Å². The molecule has 2 aliphatic rings. The SMILES string of the molecule is CCCC(C(=O)N1CC(C)OC2(CCC2)C1)c1nn[nH]n1. The minimum Gasteiger partial charge on any atom is -0.368 e. The number of rotatable bonds is 4. The van der Waals surface area contributed by atoms with Crippen LogP contribution in [0.5, 0.6) is 0 Å². The van der Waals surface area contributed by atoms with Crippen LogP contribution < -0.4 is 0 Å². The Hall–Kier alpha value is -1.50. The molecule has 1 aliphatic heterocycles. The molecular formula is C14H23N5O2. The molecule has 1 spiro atoms. The first-order chi connectivity index (χ1) is 10.1. The van der Waals surface area contributed by atoms with Gasteiger partial charge in [-0.25, -0.2) is 0 Å². The molecule has 2 unspecified atom stereocenters. The number of aromatic amines is 1. The van der Waals surface area contributed by atoms with Crippen LogP contribution in [0.2, 0.25) is 0 Å². The maximum Gasteiger partial charge on any atom is 0.233 e. The molecule has 2 fully saturated rings. The van der Waals surface area contributed by atoms with Gasteiger partial charge in [0.05, 0.1) is 11.7 Å². The summed E-state index contributed by atoms with van der Waals surface area (Å²) in [4.78, 5) is 14.9. The van der Waals surface area contributed by atoms with Gasteiger partial charge in [-0.05, 0) is 32.6 Å². The number of carbonyl (C=O) groups is 1. The average Bonchev–Trinajstić information content (AvgIpc) is 2.95. The lowest BCUT2D eigenvalue weighted by Crippen LogP contribution is -2.60. The van der Waals surface area contributed by atoms with Crippen molar-refractivity contribution in [2.75, 3.05) is 13.1 Å². The maximum absolute atomic E-state index is 12.9. The van der Waals surface area contributed by atoms with E-state index < -0.39 is 0 Å². The van der Waals surface area contributed by atoms with Crippen LogP contribution >= 0.6 is 0 Å².